The number of aromatic nitrogens is 5. The van der Waals surface area contributed by atoms with E-state index >= 15 is 0 Å². The van der Waals surface area contributed by atoms with E-state index in [4.69, 9.17) is 10.3 Å². The molecule has 0 spiro atoms. The summed E-state index contributed by atoms with van der Waals surface area (Å²) in [6.07, 6.45) is 4.19. The molecule has 0 aliphatic carbocycles. The zero-order chi connectivity index (χ0) is 37.9. The summed E-state index contributed by atoms with van der Waals surface area (Å²) in [6, 6.07) is 16.4. The van der Waals surface area contributed by atoms with Crippen LogP contribution < -0.4 is 26.2 Å². The standard InChI is InChI=1S/C38H40FN11O4/c1-22-16-26(5-7-28(22)24(3)36-46-37(35(40)52)54-47-36)30-18-33(43-21-42-30)44-32-9-6-27(19-41-32)49-15-14-48(20-23(49)2)12-10-25-4-8-31(29(39)17-25)50-13-11-34(51)45-38(50)53/h4-9,16-19,21,23-24H,10-15,20H2,1-3H3,(H2,40,52)(H,45,51,53)(H,41,42,43,44)/t23-,24-/m1/s1. The van der Waals surface area contributed by atoms with Crippen LogP contribution in [0.2, 0.25) is 0 Å². The van der Waals surface area contributed by atoms with Gasteiger partial charge < -0.3 is 20.5 Å². The summed E-state index contributed by atoms with van der Waals surface area (Å²) in [5.41, 5.74) is 10.9. The fraction of sp³-hybridized carbons (Fsp3) is 0.316. The summed E-state index contributed by atoms with van der Waals surface area (Å²) in [5.74, 6) is -0.384. The van der Waals surface area contributed by atoms with E-state index in [1.165, 1.54) is 17.3 Å². The Labute approximate surface area is 310 Å². The molecule has 2 aliphatic heterocycles. The molecule has 15 nitrogen and oxygen atoms in total. The lowest BCUT2D eigenvalue weighted by atomic mass is 9.93. The first kappa shape index (κ1) is 36.1. The Hall–Kier alpha value is -6.29. The number of rotatable bonds is 11. The number of anilines is 4. The molecule has 0 bridgehead atoms. The van der Waals surface area contributed by atoms with Crippen LogP contribution in [0.3, 0.4) is 0 Å². The zero-order valence-electron chi connectivity index (χ0n) is 30.1. The quantitative estimate of drug-likeness (QED) is 0.172. The highest BCUT2D eigenvalue weighted by Crippen LogP contribution is 2.30. The van der Waals surface area contributed by atoms with Gasteiger partial charge in [-0.15, -0.1) is 0 Å². The number of nitrogens with zero attached hydrogens (tertiary/aromatic N) is 8. The monoisotopic (exact) mass is 733 g/mol. The molecule has 5 heterocycles. The zero-order valence-corrected chi connectivity index (χ0v) is 30.1. The van der Waals surface area contributed by atoms with Crippen LogP contribution in [0.4, 0.5) is 32.2 Å². The van der Waals surface area contributed by atoms with Crippen molar-refractivity contribution in [3.8, 4) is 11.3 Å². The molecule has 7 rings (SSSR count). The molecule has 3 aromatic heterocycles. The number of halogens is 1. The number of urea groups is 1. The Morgan fingerprint density at radius 3 is 2.61 bits per heavy atom. The molecule has 4 amide bonds. The van der Waals surface area contributed by atoms with Gasteiger partial charge in [-0.05, 0) is 67.3 Å². The van der Waals surface area contributed by atoms with E-state index in [1.54, 1.807) is 6.07 Å². The van der Waals surface area contributed by atoms with Gasteiger partial charge in [0.15, 0.2) is 5.82 Å². The van der Waals surface area contributed by atoms with Crippen molar-refractivity contribution in [3.05, 3.63) is 101 Å². The van der Waals surface area contributed by atoms with Gasteiger partial charge in [0.25, 0.3) is 0 Å². The number of hydrogen-bond acceptors (Lipinski definition) is 12. The number of piperazine rings is 1. The highest BCUT2D eigenvalue weighted by molar-refractivity contribution is 6.05. The first-order valence-electron chi connectivity index (χ1n) is 17.7. The molecule has 54 heavy (non-hydrogen) atoms. The number of nitrogens with two attached hydrogens (primary N) is 1. The van der Waals surface area contributed by atoms with E-state index < -0.39 is 17.8 Å². The molecule has 0 radical (unpaired) electrons. The average molecular weight is 734 g/mol. The van der Waals surface area contributed by atoms with Crippen molar-refractivity contribution in [2.45, 2.75) is 45.6 Å². The summed E-state index contributed by atoms with van der Waals surface area (Å²) in [6.45, 7) is 9.57. The molecule has 16 heteroatoms. The van der Waals surface area contributed by atoms with Crippen molar-refractivity contribution >= 4 is 40.9 Å². The van der Waals surface area contributed by atoms with Crippen molar-refractivity contribution in [1.82, 2.24) is 35.3 Å². The predicted octanol–water partition coefficient (Wildman–Crippen LogP) is 4.56. The molecular weight excluding hydrogens is 693 g/mol. The van der Waals surface area contributed by atoms with Gasteiger partial charge in [-0.3, -0.25) is 24.7 Å². The van der Waals surface area contributed by atoms with Gasteiger partial charge in [-0.25, -0.2) is 24.1 Å². The summed E-state index contributed by atoms with van der Waals surface area (Å²) < 4.78 is 19.9. The first-order chi connectivity index (χ1) is 26.0. The molecule has 0 unspecified atom stereocenters. The molecule has 2 atom stereocenters. The van der Waals surface area contributed by atoms with E-state index in [9.17, 15) is 18.8 Å². The summed E-state index contributed by atoms with van der Waals surface area (Å²) in [4.78, 5) is 58.6. The lowest BCUT2D eigenvalue weighted by molar-refractivity contribution is -0.120. The highest BCUT2D eigenvalue weighted by atomic mass is 19.1. The minimum absolute atomic E-state index is 0.145. The Balaban J connectivity index is 0.922. The van der Waals surface area contributed by atoms with E-state index in [-0.39, 0.29) is 42.4 Å². The smallest absolute Gasteiger partial charge is 0.328 e. The molecule has 2 aromatic carbocycles. The lowest BCUT2D eigenvalue weighted by Gasteiger charge is -2.41. The fourth-order valence-corrected chi connectivity index (χ4v) is 6.94. The summed E-state index contributed by atoms with van der Waals surface area (Å²) in [7, 11) is 0. The Kier molecular flexibility index (Phi) is 10.3. The Bertz CT molecular complexity index is 2190. The molecule has 2 saturated heterocycles. The second-order valence-corrected chi connectivity index (χ2v) is 13.6. The average Bonchev–Trinajstić information content (AvgIpc) is 3.66. The maximum atomic E-state index is 15.0. The molecular formula is C38H40FN11O4. The summed E-state index contributed by atoms with van der Waals surface area (Å²) in [5, 5.41) is 9.43. The lowest BCUT2D eigenvalue weighted by Crippen LogP contribution is -2.52. The van der Waals surface area contributed by atoms with E-state index in [1.807, 2.05) is 62.5 Å². The molecule has 5 aromatic rings. The Morgan fingerprint density at radius 1 is 1.06 bits per heavy atom. The van der Waals surface area contributed by atoms with Crippen LogP contribution in [-0.2, 0) is 11.2 Å². The normalized spacial score (nSPS) is 17.0. The van der Waals surface area contributed by atoms with Crippen LogP contribution in [0.5, 0.6) is 0 Å². The van der Waals surface area contributed by atoms with Crippen LogP contribution in [0.15, 0.2) is 71.6 Å². The van der Waals surface area contributed by atoms with E-state index in [2.05, 4.69) is 52.4 Å². The van der Waals surface area contributed by atoms with Gasteiger partial charge in [-0.2, -0.15) is 4.98 Å². The third kappa shape index (κ3) is 7.88. The number of carbonyl (C=O) groups excluding carboxylic acids is 3. The van der Waals surface area contributed by atoms with Crippen LogP contribution in [0, 0.1) is 12.7 Å². The fourth-order valence-electron chi connectivity index (χ4n) is 6.94. The minimum Gasteiger partial charge on any atom is -0.365 e. The van der Waals surface area contributed by atoms with Gasteiger partial charge >= 0.3 is 17.8 Å². The van der Waals surface area contributed by atoms with Gasteiger partial charge in [0.05, 0.1) is 23.3 Å². The number of amides is 4. The van der Waals surface area contributed by atoms with E-state index in [0.717, 1.165) is 59.8 Å². The third-order valence-electron chi connectivity index (χ3n) is 9.86. The van der Waals surface area contributed by atoms with Crippen LogP contribution >= 0.6 is 0 Å². The van der Waals surface area contributed by atoms with Crippen molar-refractivity contribution in [2.75, 3.05) is 47.8 Å². The SMILES string of the molecule is Cc1cc(-c2cc(Nc3ccc(N4CCN(CCc5ccc(N6CCC(=O)NC6=O)c(F)c5)C[C@H]4C)cn3)ncn2)ccc1[C@@H](C)c1noc(C(N)=O)n1. The second kappa shape index (κ2) is 15.4. The third-order valence-corrected chi connectivity index (χ3v) is 9.86. The van der Waals surface area contributed by atoms with Gasteiger partial charge in [0.1, 0.15) is 23.8 Å². The molecule has 2 aliphatic rings. The van der Waals surface area contributed by atoms with Gasteiger partial charge in [-0.1, -0.05) is 30.3 Å². The van der Waals surface area contributed by atoms with Gasteiger partial charge in [0, 0.05) is 62.7 Å². The topological polar surface area (TPSA) is 189 Å². The number of primary amides is 1. The van der Waals surface area contributed by atoms with Crippen LogP contribution in [-0.4, -0.2) is 86.6 Å². The largest absolute Gasteiger partial charge is 0.365 e. The number of nitrogens with one attached hydrogen (secondary N) is 2. The van der Waals surface area contributed by atoms with Crippen molar-refractivity contribution in [3.63, 3.8) is 0 Å². The minimum atomic E-state index is -0.765. The van der Waals surface area contributed by atoms with Crippen molar-refractivity contribution in [1.29, 1.82) is 0 Å². The Morgan fingerprint density at radius 2 is 1.91 bits per heavy atom. The van der Waals surface area contributed by atoms with Crippen LogP contribution in [0.25, 0.3) is 11.3 Å². The first-order valence-corrected chi connectivity index (χ1v) is 17.7. The van der Waals surface area contributed by atoms with Crippen LogP contribution in [0.1, 0.15) is 59.4 Å². The molecule has 2 fully saturated rings. The molecule has 0 saturated carbocycles. The molecule has 4 N–H and O–H groups in total. The van der Waals surface area contributed by atoms with Crippen molar-refractivity contribution in [2.24, 2.45) is 5.73 Å². The maximum absolute atomic E-state index is 15.0. The number of pyridine rings is 1. The summed E-state index contributed by atoms with van der Waals surface area (Å²) >= 11 is 0. The number of benzene rings is 2. The highest BCUT2D eigenvalue weighted by Gasteiger charge is 2.27. The number of aryl methyl sites for hydroxylation is 1. The second-order valence-electron chi connectivity index (χ2n) is 13.6. The number of imide groups is 1. The number of hydrogen-bond donors (Lipinski definition) is 3. The predicted molar refractivity (Wildman–Crippen MR) is 199 cm³/mol. The van der Waals surface area contributed by atoms with Crippen molar-refractivity contribution < 1.29 is 23.3 Å². The molecule has 278 valence electrons. The van der Waals surface area contributed by atoms with E-state index in [0.29, 0.717) is 23.9 Å². The number of carbonyl (C=O) groups is 3. The maximum Gasteiger partial charge on any atom is 0.328 e. The van der Waals surface area contributed by atoms with Gasteiger partial charge in [0.2, 0.25) is 5.91 Å².